The number of nitrogens with zero attached hydrogens (tertiary/aromatic N) is 2. The SMILES string of the molecule is Cc1ccc(C)c(N2C(=O)C(=O)/C(=C(\O)c3ccc([N+](=O)[O-])cc3)C2c2cccs2)c1. The Morgan fingerprint density at radius 2 is 1.81 bits per heavy atom. The van der Waals surface area contributed by atoms with E-state index in [0.717, 1.165) is 16.0 Å². The molecule has 31 heavy (non-hydrogen) atoms. The van der Waals surface area contributed by atoms with Crippen LogP contribution in [0.15, 0.2) is 65.6 Å². The third-order valence-electron chi connectivity index (χ3n) is 5.23. The van der Waals surface area contributed by atoms with Crippen LogP contribution in [0.1, 0.15) is 27.6 Å². The molecule has 7 nitrogen and oxygen atoms in total. The summed E-state index contributed by atoms with van der Waals surface area (Å²) in [4.78, 5) is 38.7. The van der Waals surface area contributed by atoms with Crippen molar-refractivity contribution in [1.29, 1.82) is 0 Å². The average Bonchev–Trinajstić information content (AvgIpc) is 3.37. The highest BCUT2D eigenvalue weighted by molar-refractivity contribution is 7.10. The second-order valence-electron chi connectivity index (χ2n) is 7.28. The summed E-state index contributed by atoms with van der Waals surface area (Å²) >= 11 is 1.37. The summed E-state index contributed by atoms with van der Waals surface area (Å²) in [5, 5.41) is 23.8. The molecule has 1 aliphatic rings. The Labute approximate surface area is 182 Å². The molecule has 0 radical (unpaired) electrons. The molecule has 1 saturated heterocycles. The highest BCUT2D eigenvalue weighted by Crippen LogP contribution is 2.44. The predicted octanol–water partition coefficient (Wildman–Crippen LogP) is 4.90. The molecule has 1 N–H and O–H groups in total. The second kappa shape index (κ2) is 7.81. The number of non-ortho nitro benzene ring substituents is 1. The summed E-state index contributed by atoms with van der Waals surface area (Å²) in [6.45, 7) is 3.76. The molecule has 2 heterocycles. The fraction of sp³-hybridized carbons (Fsp3) is 0.130. The molecule has 2 aromatic carbocycles. The number of nitro benzene ring substituents is 1. The Balaban J connectivity index is 1.92. The minimum atomic E-state index is -0.796. The number of amides is 1. The van der Waals surface area contributed by atoms with E-state index in [-0.39, 0.29) is 22.6 Å². The number of hydrogen-bond acceptors (Lipinski definition) is 6. The van der Waals surface area contributed by atoms with Crippen molar-refractivity contribution in [2.24, 2.45) is 0 Å². The number of carbonyl (C=O) groups excluding carboxylic acids is 2. The van der Waals surface area contributed by atoms with E-state index in [1.807, 2.05) is 49.6 Å². The number of nitro groups is 1. The second-order valence-corrected chi connectivity index (χ2v) is 8.26. The lowest BCUT2D eigenvalue weighted by Crippen LogP contribution is -2.29. The summed E-state index contributed by atoms with van der Waals surface area (Å²) in [5.74, 6) is -1.88. The Morgan fingerprint density at radius 1 is 1.10 bits per heavy atom. The molecule has 0 bridgehead atoms. The van der Waals surface area contributed by atoms with Gasteiger partial charge in [-0.25, -0.2) is 0 Å². The van der Waals surface area contributed by atoms with Gasteiger partial charge in [-0.1, -0.05) is 18.2 Å². The first kappa shape index (κ1) is 20.5. The molecular weight excluding hydrogens is 416 g/mol. The van der Waals surface area contributed by atoms with Crippen LogP contribution in [0.3, 0.4) is 0 Å². The van der Waals surface area contributed by atoms with Crippen LogP contribution < -0.4 is 4.90 Å². The third-order valence-corrected chi connectivity index (χ3v) is 6.16. The van der Waals surface area contributed by atoms with Gasteiger partial charge in [0, 0.05) is 28.3 Å². The first-order valence-corrected chi connectivity index (χ1v) is 10.3. The van der Waals surface area contributed by atoms with Crippen LogP contribution in [0.5, 0.6) is 0 Å². The van der Waals surface area contributed by atoms with Crippen molar-refractivity contribution >= 4 is 40.2 Å². The number of aliphatic hydroxyl groups excluding tert-OH is 1. The number of benzene rings is 2. The maximum atomic E-state index is 13.1. The first-order valence-electron chi connectivity index (χ1n) is 9.46. The van der Waals surface area contributed by atoms with E-state index in [1.54, 1.807) is 0 Å². The summed E-state index contributed by atoms with van der Waals surface area (Å²) in [7, 11) is 0. The van der Waals surface area contributed by atoms with E-state index in [1.165, 1.54) is 40.5 Å². The molecular formula is C23H18N2O5S. The van der Waals surface area contributed by atoms with Crippen LogP contribution in [0.2, 0.25) is 0 Å². The minimum absolute atomic E-state index is 0.0396. The van der Waals surface area contributed by atoms with Crippen molar-refractivity contribution in [3.63, 3.8) is 0 Å². The van der Waals surface area contributed by atoms with Crippen LogP contribution in [0.25, 0.3) is 5.76 Å². The van der Waals surface area contributed by atoms with Gasteiger partial charge >= 0.3 is 0 Å². The number of ketones is 1. The van der Waals surface area contributed by atoms with Gasteiger partial charge < -0.3 is 5.11 Å². The van der Waals surface area contributed by atoms with Gasteiger partial charge in [0.2, 0.25) is 0 Å². The Hall–Kier alpha value is -3.78. The standard InChI is InChI=1S/C23H18N2O5S/c1-13-5-6-14(2)17(12-13)24-20(18-4-3-11-31-18)19(22(27)23(24)28)21(26)15-7-9-16(10-8-15)25(29)30/h3-12,20,26H,1-2H3/b21-19-. The zero-order valence-electron chi connectivity index (χ0n) is 16.7. The largest absolute Gasteiger partial charge is 0.507 e. The third kappa shape index (κ3) is 3.51. The van der Waals surface area contributed by atoms with E-state index in [0.29, 0.717) is 5.69 Å². The van der Waals surface area contributed by atoms with Crippen molar-refractivity contribution in [2.45, 2.75) is 19.9 Å². The van der Waals surface area contributed by atoms with Crippen LogP contribution in [0, 0.1) is 24.0 Å². The van der Waals surface area contributed by atoms with Crippen molar-refractivity contribution in [1.82, 2.24) is 0 Å². The number of aryl methyl sites for hydroxylation is 2. The van der Waals surface area contributed by atoms with Gasteiger partial charge in [-0.15, -0.1) is 11.3 Å². The molecule has 1 atom stereocenters. The molecule has 8 heteroatoms. The quantitative estimate of drug-likeness (QED) is 0.207. The monoisotopic (exact) mass is 434 g/mol. The topological polar surface area (TPSA) is 101 Å². The lowest BCUT2D eigenvalue weighted by Gasteiger charge is -2.26. The molecule has 1 fully saturated rings. The van der Waals surface area contributed by atoms with Crippen LogP contribution >= 0.6 is 11.3 Å². The van der Waals surface area contributed by atoms with Crippen LogP contribution in [0.4, 0.5) is 11.4 Å². The number of aliphatic hydroxyl groups is 1. The number of anilines is 1. The first-order chi connectivity index (χ1) is 14.8. The van der Waals surface area contributed by atoms with E-state index in [9.17, 15) is 24.8 Å². The molecule has 0 spiro atoms. The lowest BCUT2D eigenvalue weighted by molar-refractivity contribution is -0.384. The summed E-state index contributed by atoms with van der Waals surface area (Å²) in [6.07, 6.45) is 0. The highest BCUT2D eigenvalue weighted by Gasteiger charge is 2.47. The molecule has 0 aliphatic carbocycles. The molecule has 0 saturated carbocycles. The van der Waals surface area contributed by atoms with Gasteiger partial charge in [0.25, 0.3) is 17.4 Å². The molecule has 1 unspecified atom stereocenters. The van der Waals surface area contributed by atoms with E-state index < -0.39 is 22.7 Å². The number of rotatable bonds is 4. The number of Topliss-reactive ketones (excluding diaryl/α,β-unsaturated/α-hetero) is 1. The fourth-order valence-electron chi connectivity index (χ4n) is 3.67. The Bertz CT molecular complexity index is 1230. The van der Waals surface area contributed by atoms with Crippen LogP contribution in [-0.2, 0) is 9.59 Å². The fourth-order valence-corrected chi connectivity index (χ4v) is 4.50. The summed E-state index contributed by atoms with van der Waals surface area (Å²) in [5.41, 5.74) is 2.41. The van der Waals surface area contributed by atoms with Crippen molar-refractivity contribution in [2.75, 3.05) is 4.90 Å². The summed E-state index contributed by atoms with van der Waals surface area (Å²) in [6, 6.07) is 13.7. The van der Waals surface area contributed by atoms with Gasteiger partial charge in [0.1, 0.15) is 11.8 Å². The molecule has 4 rings (SSSR count). The molecule has 1 aliphatic heterocycles. The predicted molar refractivity (Wildman–Crippen MR) is 118 cm³/mol. The van der Waals surface area contributed by atoms with E-state index in [2.05, 4.69) is 0 Å². The molecule has 1 aromatic heterocycles. The minimum Gasteiger partial charge on any atom is -0.507 e. The lowest BCUT2D eigenvalue weighted by atomic mass is 9.99. The zero-order chi connectivity index (χ0) is 22.3. The maximum Gasteiger partial charge on any atom is 0.300 e. The van der Waals surface area contributed by atoms with Gasteiger partial charge in [0.15, 0.2) is 0 Å². The zero-order valence-corrected chi connectivity index (χ0v) is 17.6. The smallest absolute Gasteiger partial charge is 0.300 e. The van der Waals surface area contributed by atoms with Gasteiger partial charge in [-0.2, -0.15) is 0 Å². The van der Waals surface area contributed by atoms with Crippen LogP contribution in [-0.4, -0.2) is 21.7 Å². The normalized spacial score (nSPS) is 17.9. The summed E-state index contributed by atoms with van der Waals surface area (Å²) < 4.78 is 0. The Morgan fingerprint density at radius 3 is 2.42 bits per heavy atom. The molecule has 1 amide bonds. The maximum absolute atomic E-state index is 13.1. The Kier molecular flexibility index (Phi) is 5.16. The van der Waals surface area contributed by atoms with Gasteiger partial charge in [-0.05, 0) is 54.6 Å². The van der Waals surface area contributed by atoms with Crippen molar-refractivity contribution in [3.8, 4) is 0 Å². The highest BCUT2D eigenvalue weighted by atomic mass is 32.1. The molecule has 156 valence electrons. The number of carbonyl (C=O) groups is 2. The van der Waals surface area contributed by atoms with Crippen molar-refractivity contribution in [3.05, 3.63) is 97.2 Å². The van der Waals surface area contributed by atoms with Gasteiger partial charge in [0.05, 0.1) is 10.5 Å². The van der Waals surface area contributed by atoms with Gasteiger partial charge in [-0.3, -0.25) is 24.6 Å². The number of thiophene rings is 1. The molecule has 3 aromatic rings. The van der Waals surface area contributed by atoms with Crippen molar-refractivity contribution < 1.29 is 19.6 Å². The average molecular weight is 434 g/mol. The van der Waals surface area contributed by atoms with E-state index >= 15 is 0 Å². The number of hydrogen-bond donors (Lipinski definition) is 1. The van der Waals surface area contributed by atoms with E-state index in [4.69, 9.17) is 0 Å².